The van der Waals surface area contributed by atoms with Crippen molar-refractivity contribution in [2.75, 3.05) is 23.7 Å². The van der Waals surface area contributed by atoms with E-state index in [9.17, 15) is 22.4 Å². The molecule has 33 heavy (non-hydrogen) atoms. The summed E-state index contributed by atoms with van der Waals surface area (Å²) < 4.78 is 40.8. The van der Waals surface area contributed by atoms with E-state index in [-0.39, 0.29) is 24.1 Å². The summed E-state index contributed by atoms with van der Waals surface area (Å²) in [5, 5.41) is 2.80. The monoisotopic (exact) mass is 541 g/mol. The molecule has 2 aromatic rings. The Morgan fingerprint density at radius 2 is 1.67 bits per heavy atom. The van der Waals surface area contributed by atoms with Gasteiger partial charge in [-0.1, -0.05) is 54.0 Å². The number of amides is 2. The molecule has 2 amide bonds. The van der Waals surface area contributed by atoms with Crippen molar-refractivity contribution in [2.24, 2.45) is 5.92 Å². The van der Waals surface area contributed by atoms with Gasteiger partial charge >= 0.3 is 0 Å². The number of rotatable bonds is 10. The van der Waals surface area contributed by atoms with Crippen molar-refractivity contribution in [3.05, 3.63) is 64.4 Å². The Kier molecular flexibility index (Phi) is 9.42. The summed E-state index contributed by atoms with van der Waals surface area (Å²) in [4.78, 5) is 27.4. The van der Waals surface area contributed by atoms with Crippen molar-refractivity contribution in [1.29, 1.82) is 0 Å². The third kappa shape index (κ3) is 7.82. The molecular weight excluding hydrogens is 513 g/mol. The highest BCUT2D eigenvalue weighted by atomic mass is 79.9. The first kappa shape index (κ1) is 26.8. The molecule has 0 radical (unpaired) electrons. The molecular formula is C23H29BrFN3O4S. The summed E-state index contributed by atoms with van der Waals surface area (Å²) in [6, 6.07) is 11.7. The molecule has 2 aromatic carbocycles. The highest BCUT2D eigenvalue weighted by Crippen LogP contribution is 2.22. The predicted octanol–water partition coefficient (Wildman–Crippen LogP) is 3.54. The second kappa shape index (κ2) is 11.6. The van der Waals surface area contributed by atoms with Crippen LogP contribution < -0.4 is 9.62 Å². The van der Waals surface area contributed by atoms with E-state index in [0.29, 0.717) is 6.54 Å². The molecule has 7 nitrogen and oxygen atoms in total. The van der Waals surface area contributed by atoms with E-state index in [4.69, 9.17) is 0 Å². The van der Waals surface area contributed by atoms with Crippen LogP contribution in [0.5, 0.6) is 0 Å². The zero-order valence-corrected chi connectivity index (χ0v) is 21.5. The van der Waals surface area contributed by atoms with E-state index in [1.54, 1.807) is 19.1 Å². The minimum absolute atomic E-state index is 0.0806. The van der Waals surface area contributed by atoms with Crippen molar-refractivity contribution < 1.29 is 22.4 Å². The van der Waals surface area contributed by atoms with Gasteiger partial charge in [0, 0.05) is 17.6 Å². The van der Waals surface area contributed by atoms with Gasteiger partial charge in [-0.05, 0) is 42.7 Å². The second-order valence-corrected chi connectivity index (χ2v) is 11.0. The van der Waals surface area contributed by atoms with Gasteiger partial charge in [0.1, 0.15) is 18.4 Å². The van der Waals surface area contributed by atoms with Gasteiger partial charge in [-0.15, -0.1) is 0 Å². The van der Waals surface area contributed by atoms with Gasteiger partial charge in [-0.25, -0.2) is 12.8 Å². The molecule has 0 bridgehead atoms. The third-order valence-corrected chi connectivity index (χ3v) is 6.57. The van der Waals surface area contributed by atoms with E-state index in [2.05, 4.69) is 21.2 Å². The van der Waals surface area contributed by atoms with E-state index >= 15 is 0 Å². The number of carbonyl (C=O) groups is 2. The fourth-order valence-corrected chi connectivity index (χ4v) is 4.18. The Bertz CT molecular complexity index is 1080. The number of para-hydroxylation sites is 1. The van der Waals surface area contributed by atoms with Crippen LogP contribution in [-0.2, 0) is 26.2 Å². The Morgan fingerprint density at radius 3 is 2.21 bits per heavy atom. The molecule has 0 unspecified atom stereocenters. The molecule has 2 rings (SSSR count). The van der Waals surface area contributed by atoms with Gasteiger partial charge in [0.15, 0.2) is 0 Å². The number of halogens is 2. The molecule has 0 heterocycles. The van der Waals surface area contributed by atoms with Gasteiger partial charge < -0.3 is 10.2 Å². The molecule has 0 saturated carbocycles. The lowest BCUT2D eigenvalue weighted by atomic mass is 10.1. The number of nitrogens with zero attached hydrogens (tertiary/aromatic N) is 2. The summed E-state index contributed by atoms with van der Waals surface area (Å²) in [6.45, 7) is 5.37. The summed E-state index contributed by atoms with van der Waals surface area (Å²) >= 11 is 3.36. The van der Waals surface area contributed by atoms with Crippen LogP contribution in [-0.4, -0.2) is 50.5 Å². The summed E-state index contributed by atoms with van der Waals surface area (Å²) in [6.07, 6.45) is 0.907. The lowest BCUT2D eigenvalue weighted by Gasteiger charge is -2.31. The Balaban J connectivity index is 2.36. The van der Waals surface area contributed by atoms with E-state index in [0.717, 1.165) is 26.7 Å². The smallest absolute Gasteiger partial charge is 0.244 e. The molecule has 0 aliphatic carbocycles. The SMILES string of the molecule is CC(C)CNC(=O)[C@H](C)N(Cc1ccc(Br)cc1)C(=O)CN(c1ccccc1F)S(C)(=O)=O. The minimum Gasteiger partial charge on any atom is -0.354 e. The maximum absolute atomic E-state index is 14.4. The highest BCUT2D eigenvalue weighted by Gasteiger charge is 2.30. The largest absolute Gasteiger partial charge is 0.354 e. The van der Waals surface area contributed by atoms with Gasteiger partial charge in [0.25, 0.3) is 0 Å². The molecule has 0 aromatic heterocycles. The van der Waals surface area contributed by atoms with Gasteiger partial charge in [0.05, 0.1) is 11.9 Å². The maximum atomic E-state index is 14.4. The van der Waals surface area contributed by atoms with Crippen molar-refractivity contribution in [3.8, 4) is 0 Å². The maximum Gasteiger partial charge on any atom is 0.244 e. The molecule has 0 aliphatic rings. The third-order valence-electron chi connectivity index (χ3n) is 4.92. The van der Waals surface area contributed by atoms with E-state index in [1.807, 2.05) is 26.0 Å². The number of anilines is 1. The predicted molar refractivity (Wildman–Crippen MR) is 131 cm³/mol. The molecule has 1 N–H and O–H groups in total. The number of sulfonamides is 1. The Morgan fingerprint density at radius 1 is 1.06 bits per heavy atom. The normalized spacial score (nSPS) is 12.3. The Hall–Kier alpha value is -2.46. The minimum atomic E-state index is -3.98. The molecule has 0 saturated heterocycles. The van der Waals surface area contributed by atoms with Crippen LogP contribution in [0.3, 0.4) is 0 Å². The van der Waals surface area contributed by atoms with E-state index in [1.165, 1.54) is 23.1 Å². The summed E-state index contributed by atoms with van der Waals surface area (Å²) in [5.41, 5.74) is 0.528. The molecule has 180 valence electrons. The second-order valence-electron chi connectivity index (χ2n) is 8.18. The topological polar surface area (TPSA) is 86.8 Å². The lowest BCUT2D eigenvalue weighted by molar-refractivity contribution is -0.139. The van der Waals surface area contributed by atoms with Crippen LogP contribution in [0.4, 0.5) is 10.1 Å². The average molecular weight is 542 g/mol. The number of nitrogens with one attached hydrogen (secondary N) is 1. The lowest BCUT2D eigenvalue weighted by Crippen LogP contribution is -2.51. The first-order valence-corrected chi connectivity index (χ1v) is 13.1. The van der Waals surface area contributed by atoms with E-state index < -0.39 is 34.3 Å². The van der Waals surface area contributed by atoms with Crippen LogP contribution in [0.2, 0.25) is 0 Å². The van der Waals surface area contributed by atoms with Crippen molar-refractivity contribution in [2.45, 2.75) is 33.4 Å². The average Bonchev–Trinajstić information content (AvgIpc) is 2.74. The summed E-state index contributed by atoms with van der Waals surface area (Å²) in [7, 11) is -3.98. The van der Waals surface area contributed by atoms with Crippen LogP contribution in [0.25, 0.3) is 0 Å². The summed E-state index contributed by atoms with van der Waals surface area (Å²) in [5.74, 6) is -1.53. The molecule has 0 aliphatic heterocycles. The number of hydrogen-bond donors (Lipinski definition) is 1. The van der Waals surface area contributed by atoms with Crippen LogP contribution in [0.15, 0.2) is 53.0 Å². The van der Waals surface area contributed by atoms with Gasteiger partial charge in [-0.3, -0.25) is 13.9 Å². The number of hydrogen-bond acceptors (Lipinski definition) is 4. The number of carbonyl (C=O) groups excluding carboxylic acids is 2. The molecule has 0 fully saturated rings. The zero-order valence-electron chi connectivity index (χ0n) is 19.1. The quantitative estimate of drug-likeness (QED) is 0.498. The van der Waals surface area contributed by atoms with Crippen LogP contribution in [0.1, 0.15) is 26.3 Å². The number of benzene rings is 2. The molecule has 0 spiro atoms. The Labute approximate surface area is 203 Å². The zero-order chi connectivity index (χ0) is 24.8. The molecule has 10 heteroatoms. The first-order chi connectivity index (χ1) is 15.4. The van der Waals surface area contributed by atoms with Crippen molar-refractivity contribution in [1.82, 2.24) is 10.2 Å². The van der Waals surface area contributed by atoms with Crippen LogP contribution >= 0.6 is 15.9 Å². The molecule has 1 atom stereocenters. The van der Waals surface area contributed by atoms with Gasteiger partial charge in [0.2, 0.25) is 21.8 Å². The van der Waals surface area contributed by atoms with Crippen molar-refractivity contribution >= 4 is 43.5 Å². The fourth-order valence-electron chi connectivity index (χ4n) is 3.07. The fraction of sp³-hybridized carbons (Fsp3) is 0.391. The highest BCUT2D eigenvalue weighted by molar-refractivity contribution is 9.10. The van der Waals surface area contributed by atoms with Crippen LogP contribution in [0, 0.1) is 11.7 Å². The van der Waals surface area contributed by atoms with Crippen molar-refractivity contribution in [3.63, 3.8) is 0 Å². The van der Waals surface area contributed by atoms with Gasteiger partial charge in [-0.2, -0.15) is 0 Å². The first-order valence-electron chi connectivity index (χ1n) is 10.4. The standard InChI is InChI=1S/C23H29BrFN3O4S/c1-16(2)13-26-23(30)17(3)27(14-18-9-11-19(24)12-10-18)22(29)15-28(33(4,31)32)21-8-6-5-7-20(21)25/h5-12,16-17H,13-15H2,1-4H3,(H,26,30)/t17-/m0/s1.